The first-order valence-electron chi connectivity index (χ1n) is 9.44. The second-order valence-corrected chi connectivity index (χ2v) is 6.83. The molecule has 0 aliphatic carbocycles. The first kappa shape index (κ1) is 21.1. The Morgan fingerprint density at radius 3 is 2.62 bits per heavy atom. The van der Waals surface area contributed by atoms with E-state index < -0.39 is 18.0 Å². The molecule has 0 aliphatic heterocycles. The molecule has 2 aromatic carbocycles. The number of aromatic nitrogens is 1. The number of rotatable bonds is 4. The van der Waals surface area contributed by atoms with Gasteiger partial charge in [0.15, 0.2) is 0 Å². The molecule has 4 aromatic rings. The molecule has 0 radical (unpaired) electrons. The summed E-state index contributed by atoms with van der Waals surface area (Å²) in [6, 6.07) is 17.1. The highest BCUT2D eigenvalue weighted by molar-refractivity contribution is 6.04. The lowest BCUT2D eigenvalue weighted by atomic mass is 10.1. The number of amides is 1. The summed E-state index contributed by atoms with van der Waals surface area (Å²) in [6.45, 7) is 1.87. The van der Waals surface area contributed by atoms with Crippen molar-refractivity contribution in [3.05, 3.63) is 89.6 Å². The van der Waals surface area contributed by atoms with E-state index in [9.17, 15) is 18.0 Å². The standard InChI is InChI=1S/C23H16F3N3O3/c1-14-9-10-20(27-13-14)29-21(30)18-11-15-5-2-3-8-19(15)31-22(18)28-16-6-4-7-17(12-16)32-23(24,25)26/h2-13H,1H3,(H,27,29,30). The van der Waals surface area contributed by atoms with Crippen LogP contribution >= 0.6 is 0 Å². The molecule has 0 aliphatic rings. The van der Waals surface area contributed by atoms with Crippen LogP contribution in [0.25, 0.3) is 11.0 Å². The van der Waals surface area contributed by atoms with Crippen molar-refractivity contribution in [1.29, 1.82) is 0 Å². The summed E-state index contributed by atoms with van der Waals surface area (Å²) in [6.07, 6.45) is -3.23. The molecule has 6 nitrogen and oxygen atoms in total. The molecule has 9 heteroatoms. The minimum Gasteiger partial charge on any atom is -0.438 e. The lowest BCUT2D eigenvalue weighted by Gasteiger charge is -2.09. The van der Waals surface area contributed by atoms with Gasteiger partial charge < -0.3 is 14.5 Å². The van der Waals surface area contributed by atoms with Crippen molar-refractivity contribution in [3.8, 4) is 5.75 Å². The normalized spacial score (nSPS) is 12.1. The molecule has 0 atom stereocenters. The molecule has 0 bridgehead atoms. The maximum absolute atomic E-state index is 13.0. The third kappa shape index (κ3) is 5.12. The average molecular weight is 439 g/mol. The molecule has 162 valence electrons. The number of hydrogen-bond donors (Lipinski definition) is 1. The molecule has 0 saturated carbocycles. The number of benzene rings is 2. The third-order valence-electron chi connectivity index (χ3n) is 4.34. The third-order valence-corrected chi connectivity index (χ3v) is 4.34. The van der Waals surface area contributed by atoms with E-state index in [1.54, 1.807) is 48.7 Å². The summed E-state index contributed by atoms with van der Waals surface area (Å²) >= 11 is 0. The fourth-order valence-corrected chi connectivity index (χ4v) is 2.91. The van der Waals surface area contributed by atoms with Crippen molar-refractivity contribution >= 4 is 28.4 Å². The largest absolute Gasteiger partial charge is 0.573 e. The number of alkyl halides is 3. The van der Waals surface area contributed by atoms with E-state index in [-0.39, 0.29) is 16.8 Å². The van der Waals surface area contributed by atoms with E-state index in [1.807, 2.05) is 6.92 Å². The van der Waals surface area contributed by atoms with E-state index in [1.165, 1.54) is 12.1 Å². The number of carbonyl (C=O) groups excluding carboxylic acids is 1. The molecule has 0 spiro atoms. The second kappa shape index (κ2) is 8.54. The summed E-state index contributed by atoms with van der Waals surface area (Å²) in [5.41, 5.74) is 1.53. The second-order valence-electron chi connectivity index (χ2n) is 6.83. The Kier molecular flexibility index (Phi) is 5.63. The fraction of sp³-hybridized carbons (Fsp3) is 0.0870. The predicted octanol–water partition coefficient (Wildman–Crippen LogP) is 5.52. The lowest BCUT2D eigenvalue weighted by molar-refractivity contribution is -0.274. The monoisotopic (exact) mass is 439 g/mol. The average Bonchev–Trinajstić information content (AvgIpc) is 2.74. The Morgan fingerprint density at radius 1 is 1.06 bits per heavy atom. The van der Waals surface area contributed by atoms with Crippen LogP contribution in [0.3, 0.4) is 0 Å². The highest BCUT2D eigenvalue weighted by Crippen LogP contribution is 2.26. The van der Waals surface area contributed by atoms with Crippen molar-refractivity contribution in [2.24, 2.45) is 4.99 Å². The smallest absolute Gasteiger partial charge is 0.438 e. The van der Waals surface area contributed by atoms with Crippen LogP contribution in [0.15, 0.2) is 82.3 Å². The van der Waals surface area contributed by atoms with Crippen LogP contribution in [0, 0.1) is 6.92 Å². The van der Waals surface area contributed by atoms with E-state index in [4.69, 9.17) is 4.42 Å². The van der Waals surface area contributed by atoms with Crippen LogP contribution in [0.5, 0.6) is 5.75 Å². The highest BCUT2D eigenvalue weighted by atomic mass is 19.4. The zero-order valence-corrected chi connectivity index (χ0v) is 16.7. The summed E-state index contributed by atoms with van der Waals surface area (Å²) in [5, 5.41) is 3.33. The van der Waals surface area contributed by atoms with Crippen LogP contribution < -0.4 is 15.6 Å². The van der Waals surface area contributed by atoms with Gasteiger partial charge in [0, 0.05) is 17.6 Å². The van der Waals surface area contributed by atoms with Crippen molar-refractivity contribution in [2.45, 2.75) is 13.3 Å². The number of nitrogens with one attached hydrogen (secondary N) is 1. The molecule has 32 heavy (non-hydrogen) atoms. The van der Waals surface area contributed by atoms with Gasteiger partial charge in [0.1, 0.15) is 22.7 Å². The number of hydrogen-bond acceptors (Lipinski definition) is 5. The topological polar surface area (TPSA) is 76.7 Å². The summed E-state index contributed by atoms with van der Waals surface area (Å²) in [7, 11) is 0. The first-order valence-corrected chi connectivity index (χ1v) is 9.44. The van der Waals surface area contributed by atoms with Gasteiger partial charge in [0.2, 0.25) is 5.55 Å². The van der Waals surface area contributed by atoms with E-state index in [0.29, 0.717) is 16.8 Å². The van der Waals surface area contributed by atoms with Crippen LogP contribution in [0.2, 0.25) is 0 Å². The van der Waals surface area contributed by atoms with Crippen LogP contribution in [0.4, 0.5) is 24.7 Å². The van der Waals surface area contributed by atoms with Crippen molar-refractivity contribution in [3.63, 3.8) is 0 Å². The lowest BCUT2D eigenvalue weighted by Crippen LogP contribution is -2.22. The number of pyridine rings is 1. The Morgan fingerprint density at radius 2 is 1.88 bits per heavy atom. The molecule has 1 N–H and O–H groups in total. The van der Waals surface area contributed by atoms with Crippen LogP contribution in [-0.4, -0.2) is 17.3 Å². The number of fused-ring (bicyclic) bond motifs is 1. The zero-order chi connectivity index (χ0) is 22.7. The van der Waals surface area contributed by atoms with Gasteiger partial charge in [-0.05, 0) is 42.8 Å². The molecule has 0 fully saturated rings. The molecular weight excluding hydrogens is 423 g/mol. The number of halogens is 3. The number of anilines is 1. The SMILES string of the molecule is Cc1ccc(NC(=O)c2cc3ccccc3oc2=Nc2cccc(OC(F)(F)F)c2)nc1. The van der Waals surface area contributed by atoms with Gasteiger partial charge in [0.05, 0.1) is 5.69 Å². The molecule has 1 amide bonds. The minimum atomic E-state index is -4.84. The van der Waals surface area contributed by atoms with Gasteiger partial charge in [-0.1, -0.05) is 30.3 Å². The van der Waals surface area contributed by atoms with E-state index >= 15 is 0 Å². The number of carbonyl (C=O) groups is 1. The maximum Gasteiger partial charge on any atom is 0.573 e. The first-order chi connectivity index (χ1) is 15.3. The van der Waals surface area contributed by atoms with Crippen molar-refractivity contribution in [2.75, 3.05) is 5.32 Å². The Balaban J connectivity index is 1.78. The highest BCUT2D eigenvalue weighted by Gasteiger charge is 2.31. The number of ether oxygens (including phenoxy) is 1. The van der Waals surface area contributed by atoms with Gasteiger partial charge in [-0.15, -0.1) is 13.2 Å². The van der Waals surface area contributed by atoms with Gasteiger partial charge in [0.25, 0.3) is 5.91 Å². The van der Waals surface area contributed by atoms with Crippen LogP contribution in [-0.2, 0) is 0 Å². The Hall–Kier alpha value is -4.14. The predicted molar refractivity (Wildman–Crippen MR) is 111 cm³/mol. The Bertz CT molecular complexity index is 1350. The van der Waals surface area contributed by atoms with Gasteiger partial charge >= 0.3 is 6.36 Å². The van der Waals surface area contributed by atoms with Gasteiger partial charge in [-0.2, -0.15) is 0 Å². The molecule has 0 unspecified atom stereocenters. The molecule has 4 rings (SSSR count). The van der Waals surface area contributed by atoms with E-state index in [2.05, 4.69) is 20.0 Å². The number of nitrogens with zero attached hydrogens (tertiary/aromatic N) is 2. The minimum absolute atomic E-state index is 0.0718. The zero-order valence-electron chi connectivity index (χ0n) is 16.7. The molecule has 2 aromatic heterocycles. The number of para-hydroxylation sites is 1. The maximum atomic E-state index is 13.0. The van der Waals surface area contributed by atoms with E-state index in [0.717, 1.165) is 17.7 Å². The molecule has 0 saturated heterocycles. The van der Waals surface area contributed by atoms with Crippen LogP contribution in [0.1, 0.15) is 15.9 Å². The van der Waals surface area contributed by atoms with Gasteiger partial charge in [-0.3, -0.25) is 4.79 Å². The number of aryl methyl sites for hydroxylation is 1. The van der Waals surface area contributed by atoms with Gasteiger partial charge in [-0.25, -0.2) is 9.98 Å². The Labute approximate surface area is 180 Å². The van der Waals surface area contributed by atoms with Crippen molar-refractivity contribution in [1.82, 2.24) is 4.98 Å². The van der Waals surface area contributed by atoms with Crippen molar-refractivity contribution < 1.29 is 27.1 Å². The summed E-state index contributed by atoms with van der Waals surface area (Å²) in [4.78, 5) is 21.4. The summed E-state index contributed by atoms with van der Waals surface area (Å²) in [5.74, 6) is -0.632. The summed E-state index contributed by atoms with van der Waals surface area (Å²) < 4.78 is 47.4. The quantitative estimate of drug-likeness (QED) is 0.454. The fourth-order valence-electron chi connectivity index (χ4n) is 2.91. The molecule has 2 heterocycles. The molecular formula is C23H16F3N3O3.